The molecule has 0 aromatic heterocycles. The number of rotatable bonds is 2. The third-order valence-electron chi connectivity index (χ3n) is 5.09. The normalized spacial score (nSPS) is 7.96. The molecule has 0 bridgehead atoms. The summed E-state index contributed by atoms with van der Waals surface area (Å²) in [7, 11) is 0. The van der Waals surface area contributed by atoms with E-state index in [4.69, 9.17) is 0 Å². The molecule has 2 heteroatoms. The van der Waals surface area contributed by atoms with Crippen LogP contribution in [0, 0.1) is 0 Å². The Kier molecular flexibility index (Phi) is 72.4. The average Bonchev–Trinajstić information content (AvgIpc) is 3.19. The van der Waals surface area contributed by atoms with Crippen LogP contribution < -0.4 is 0 Å². The molecule has 266 valence electrons. The van der Waals surface area contributed by atoms with Gasteiger partial charge in [0.05, 0.1) is 0 Å². The standard InChI is InChI=1S/C14H12.C13H12.8C2H6.CH4.I2/c1-2-6-12-10-14-8-4-3-7-13(14)9-11(12)5-1;1-3-7-12(8-4-1)11-13-9-5-2-6-10-13;8*1-2;;1-2/h1-8H,9-10H2;1-10H,11H2;8*1-2H3;1H4;. The Morgan fingerprint density at radius 2 is 0.500 bits per heavy atom. The van der Waals surface area contributed by atoms with Crippen molar-refractivity contribution in [2.24, 2.45) is 0 Å². The van der Waals surface area contributed by atoms with Crippen molar-refractivity contribution in [1.82, 2.24) is 0 Å². The first-order valence-electron chi connectivity index (χ1n) is 17.7. The van der Waals surface area contributed by atoms with Crippen LogP contribution in [0.1, 0.15) is 152 Å². The number of fused-ring (bicyclic) bond motifs is 2. The van der Waals surface area contributed by atoms with Crippen molar-refractivity contribution < 1.29 is 0 Å². The van der Waals surface area contributed by atoms with Crippen LogP contribution in [-0.2, 0) is 19.3 Å². The van der Waals surface area contributed by atoms with Crippen LogP contribution in [0.3, 0.4) is 0 Å². The van der Waals surface area contributed by atoms with Crippen LogP contribution in [0.4, 0.5) is 0 Å². The first-order valence-corrected chi connectivity index (χ1v) is 24.0. The van der Waals surface area contributed by atoms with E-state index in [9.17, 15) is 0 Å². The van der Waals surface area contributed by atoms with E-state index in [1.54, 1.807) is 0 Å². The quantitative estimate of drug-likeness (QED) is 0.155. The number of hydrogen-bond acceptors (Lipinski definition) is 0. The third kappa shape index (κ3) is 31.0. The molecule has 0 amide bonds. The van der Waals surface area contributed by atoms with E-state index in [0.29, 0.717) is 0 Å². The molecule has 0 fully saturated rings. The zero-order valence-corrected chi connectivity index (χ0v) is 36.6. The van der Waals surface area contributed by atoms with Crippen molar-refractivity contribution in [3.63, 3.8) is 0 Å². The van der Waals surface area contributed by atoms with Crippen LogP contribution in [-0.4, -0.2) is 0 Å². The molecule has 4 aromatic carbocycles. The Morgan fingerprint density at radius 1 is 0.326 bits per heavy atom. The Bertz CT molecular complexity index is 871. The maximum absolute atomic E-state index is 2.24. The molecule has 46 heavy (non-hydrogen) atoms. The summed E-state index contributed by atoms with van der Waals surface area (Å²) in [6.45, 7) is 32.0. The van der Waals surface area contributed by atoms with Crippen molar-refractivity contribution in [1.29, 1.82) is 0 Å². The topological polar surface area (TPSA) is 0 Å². The second kappa shape index (κ2) is 55.7. The van der Waals surface area contributed by atoms with Crippen molar-refractivity contribution in [2.45, 2.75) is 137 Å². The molecule has 0 N–H and O–H groups in total. The van der Waals surface area contributed by atoms with Gasteiger partial charge in [-0.1, -0.05) is 227 Å². The lowest BCUT2D eigenvalue weighted by atomic mass is 9.86. The summed E-state index contributed by atoms with van der Waals surface area (Å²) in [5.74, 6) is 0. The summed E-state index contributed by atoms with van der Waals surface area (Å²) in [6.07, 6.45) is 3.24. The van der Waals surface area contributed by atoms with Gasteiger partial charge in [0.1, 0.15) is 0 Å². The predicted molar refractivity (Wildman–Crippen MR) is 240 cm³/mol. The van der Waals surface area contributed by atoms with Gasteiger partial charge in [0.25, 0.3) is 0 Å². The van der Waals surface area contributed by atoms with Gasteiger partial charge in [0, 0.05) is 37.2 Å². The van der Waals surface area contributed by atoms with Crippen LogP contribution in [0.15, 0.2) is 109 Å². The molecule has 0 heterocycles. The van der Waals surface area contributed by atoms with Crippen LogP contribution in [0.25, 0.3) is 0 Å². The fourth-order valence-corrected chi connectivity index (χ4v) is 3.64. The molecule has 0 atom stereocenters. The number of hydrogen-bond donors (Lipinski definition) is 0. The molecule has 0 saturated carbocycles. The highest BCUT2D eigenvalue weighted by Gasteiger charge is 2.13. The molecule has 4 aromatic rings. The maximum atomic E-state index is 2.24. The first-order chi connectivity index (χ1) is 22.4. The van der Waals surface area contributed by atoms with Crippen molar-refractivity contribution in [3.05, 3.63) is 143 Å². The van der Waals surface area contributed by atoms with E-state index < -0.39 is 0 Å². The Labute approximate surface area is 315 Å². The molecule has 0 nitrogen and oxygen atoms in total. The lowest BCUT2D eigenvalue weighted by molar-refractivity contribution is 1.00. The first kappa shape index (κ1) is 59.7. The lowest BCUT2D eigenvalue weighted by Crippen LogP contribution is -2.06. The molecule has 0 unspecified atom stereocenters. The molecular weight excluding hydrogens is 782 g/mol. The van der Waals surface area contributed by atoms with E-state index in [0.717, 1.165) is 19.3 Å². The third-order valence-corrected chi connectivity index (χ3v) is 5.09. The molecule has 1 aliphatic carbocycles. The van der Waals surface area contributed by atoms with E-state index in [2.05, 4.69) is 146 Å². The highest BCUT2D eigenvalue weighted by molar-refractivity contribution is 15.0. The summed E-state index contributed by atoms with van der Waals surface area (Å²) in [5.41, 5.74) is 8.71. The maximum Gasteiger partial charge on any atom is 0 e. The molecule has 0 saturated heterocycles. The lowest BCUT2D eigenvalue weighted by Gasteiger charge is -2.18. The summed E-state index contributed by atoms with van der Waals surface area (Å²) in [4.78, 5) is 0. The van der Waals surface area contributed by atoms with Crippen molar-refractivity contribution in [2.75, 3.05) is 0 Å². The zero-order valence-electron chi connectivity index (χ0n) is 32.3. The zero-order chi connectivity index (χ0) is 36.3. The van der Waals surface area contributed by atoms with E-state index in [1.165, 1.54) is 33.4 Å². The van der Waals surface area contributed by atoms with Gasteiger partial charge in [-0.25, -0.2) is 0 Å². The van der Waals surface area contributed by atoms with Crippen LogP contribution in [0.5, 0.6) is 0 Å². The summed E-state index contributed by atoms with van der Waals surface area (Å²) < 4.78 is 0. The van der Waals surface area contributed by atoms with E-state index in [-0.39, 0.29) is 7.43 Å². The van der Waals surface area contributed by atoms with Crippen molar-refractivity contribution in [3.8, 4) is 0 Å². The second-order valence-electron chi connectivity index (χ2n) is 7.04. The van der Waals surface area contributed by atoms with Gasteiger partial charge in [-0.3, -0.25) is 0 Å². The minimum absolute atomic E-state index is 0. The molecule has 1 aliphatic rings. The molecular formula is C44H76I2. The fourth-order valence-electron chi connectivity index (χ4n) is 3.64. The number of benzene rings is 4. The monoisotopic (exact) mass is 858 g/mol. The van der Waals surface area contributed by atoms with Gasteiger partial charge in [0.2, 0.25) is 0 Å². The Balaban J connectivity index is -0.0000000880. The van der Waals surface area contributed by atoms with Gasteiger partial charge in [-0.2, -0.15) is 0 Å². The van der Waals surface area contributed by atoms with E-state index >= 15 is 0 Å². The average molecular weight is 859 g/mol. The smallest absolute Gasteiger partial charge is 0 e. The number of halogens is 2. The van der Waals surface area contributed by atoms with E-state index in [1.807, 2.05) is 111 Å². The highest BCUT2D eigenvalue weighted by Crippen LogP contribution is 2.26. The van der Waals surface area contributed by atoms with Gasteiger partial charge >= 0.3 is 0 Å². The van der Waals surface area contributed by atoms with Crippen molar-refractivity contribution >= 4 is 37.2 Å². The molecule has 0 spiro atoms. The highest BCUT2D eigenvalue weighted by atomic mass is 128. The predicted octanol–water partition coefficient (Wildman–Crippen LogP) is 17.1. The largest absolute Gasteiger partial charge is 0.0776 e. The molecule has 5 rings (SSSR count). The Morgan fingerprint density at radius 3 is 0.696 bits per heavy atom. The fraction of sp³-hybridized carbons (Fsp3) is 0.455. The summed E-state index contributed by atoms with van der Waals surface area (Å²) in [5, 5.41) is 0. The van der Waals surface area contributed by atoms with Gasteiger partial charge in [-0.15, -0.1) is 0 Å². The van der Waals surface area contributed by atoms with Crippen LogP contribution >= 0.6 is 37.2 Å². The minimum Gasteiger partial charge on any atom is -0.0776 e. The molecule has 0 aliphatic heterocycles. The second-order valence-corrected chi connectivity index (χ2v) is 7.04. The Hall–Kier alpha value is -1.66. The molecule has 0 radical (unpaired) electrons. The van der Waals surface area contributed by atoms with Gasteiger partial charge in [-0.05, 0) is 52.6 Å². The minimum atomic E-state index is 0. The summed E-state index contributed by atoms with van der Waals surface area (Å²) >= 11 is 4.24. The van der Waals surface area contributed by atoms with Crippen LogP contribution in [0.2, 0.25) is 0 Å². The summed E-state index contributed by atoms with van der Waals surface area (Å²) in [6, 6.07) is 38.6. The van der Waals surface area contributed by atoms with Gasteiger partial charge < -0.3 is 0 Å². The van der Waals surface area contributed by atoms with Gasteiger partial charge in [0.15, 0.2) is 0 Å². The SMILES string of the molecule is C.CC.CC.CC.CC.CC.CC.CC.CC.II.c1ccc(Cc2ccccc2)cc1.c1ccc2c(c1)Cc1ccccc1C2.